The van der Waals surface area contributed by atoms with Gasteiger partial charge in [0.25, 0.3) is 0 Å². The van der Waals surface area contributed by atoms with E-state index in [1.54, 1.807) is 42.5 Å². The topological polar surface area (TPSA) is 67.8 Å². The standard InChI is InChI=1S/C26H18BrClN2O3/c27-20-12-13-24(33-26(32)22-10-3-4-11-23(22)28)19(14-20)16-29-30-25(31)15-18-8-5-7-17-6-1-2-9-21(17)18/h1-14,16H,15H2,(H,30,31). The number of carbonyl (C=O) groups is 2. The van der Waals surface area contributed by atoms with Crippen molar-refractivity contribution >= 4 is 56.4 Å². The Balaban J connectivity index is 1.46. The average Bonchev–Trinajstić information content (AvgIpc) is 2.81. The number of nitrogens with one attached hydrogen (secondary N) is 1. The lowest BCUT2D eigenvalue weighted by atomic mass is 10.0. The van der Waals surface area contributed by atoms with Crippen molar-refractivity contribution in [2.24, 2.45) is 5.10 Å². The van der Waals surface area contributed by atoms with Crippen molar-refractivity contribution in [3.05, 3.63) is 111 Å². The summed E-state index contributed by atoms with van der Waals surface area (Å²) in [7, 11) is 0. The lowest BCUT2D eigenvalue weighted by Gasteiger charge is -2.09. The summed E-state index contributed by atoms with van der Waals surface area (Å²) in [5, 5.41) is 6.46. The Morgan fingerprint density at radius 2 is 1.73 bits per heavy atom. The zero-order valence-electron chi connectivity index (χ0n) is 17.3. The summed E-state index contributed by atoms with van der Waals surface area (Å²) >= 11 is 9.49. The Hall–Kier alpha value is -3.48. The number of hydrogen-bond donors (Lipinski definition) is 1. The number of halogens is 2. The summed E-state index contributed by atoms with van der Waals surface area (Å²) in [6.45, 7) is 0. The maximum atomic E-state index is 12.5. The largest absolute Gasteiger partial charge is 0.422 e. The third-order valence-electron chi connectivity index (χ3n) is 4.89. The van der Waals surface area contributed by atoms with Crippen LogP contribution in [0.1, 0.15) is 21.5 Å². The monoisotopic (exact) mass is 520 g/mol. The number of benzene rings is 4. The van der Waals surface area contributed by atoms with Crippen molar-refractivity contribution in [3.8, 4) is 5.75 Å². The van der Waals surface area contributed by atoms with Crippen LogP contribution in [0.25, 0.3) is 10.8 Å². The van der Waals surface area contributed by atoms with Gasteiger partial charge in [-0.1, -0.05) is 82.1 Å². The van der Waals surface area contributed by atoms with Crippen LogP contribution in [0.4, 0.5) is 0 Å². The number of hydrogen-bond acceptors (Lipinski definition) is 4. The summed E-state index contributed by atoms with van der Waals surface area (Å²) in [6, 6.07) is 25.5. The minimum atomic E-state index is -0.586. The predicted molar refractivity (Wildman–Crippen MR) is 134 cm³/mol. The number of rotatable bonds is 6. The van der Waals surface area contributed by atoms with Gasteiger partial charge in [0, 0.05) is 10.0 Å². The molecule has 0 spiro atoms. The highest BCUT2D eigenvalue weighted by atomic mass is 79.9. The number of carbonyl (C=O) groups excluding carboxylic acids is 2. The molecule has 1 N–H and O–H groups in total. The highest BCUT2D eigenvalue weighted by molar-refractivity contribution is 9.10. The van der Waals surface area contributed by atoms with E-state index in [0.29, 0.717) is 10.6 Å². The molecule has 0 radical (unpaired) electrons. The molecule has 0 saturated heterocycles. The third kappa shape index (κ3) is 5.66. The number of nitrogens with zero attached hydrogens (tertiary/aromatic N) is 1. The number of hydrazone groups is 1. The molecule has 33 heavy (non-hydrogen) atoms. The normalized spacial score (nSPS) is 11.0. The van der Waals surface area contributed by atoms with Gasteiger partial charge in [0.05, 0.1) is 23.2 Å². The van der Waals surface area contributed by atoms with Gasteiger partial charge in [-0.2, -0.15) is 5.10 Å². The molecule has 0 unspecified atom stereocenters. The molecule has 0 aromatic heterocycles. The summed E-state index contributed by atoms with van der Waals surface area (Å²) in [6.07, 6.45) is 1.62. The van der Waals surface area contributed by atoms with Gasteiger partial charge in [-0.3, -0.25) is 4.79 Å². The summed E-state index contributed by atoms with van der Waals surface area (Å²) in [5.74, 6) is -0.556. The van der Waals surface area contributed by atoms with E-state index in [1.807, 2.05) is 42.5 Å². The minimum Gasteiger partial charge on any atom is -0.422 e. The van der Waals surface area contributed by atoms with Crippen LogP contribution >= 0.6 is 27.5 Å². The first-order valence-electron chi connectivity index (χ1n) is 10.1. The van der Waals surface area contributed by atoms with Gasteiger partial charge >= 0.3 is 5.97 Å². The second-order valence-electron chi connectivity index (χ2n) is 7.16. The second kappa shape index (κ2) is 10.4. The lowest BCUT2D eigenvalue weighted by Crippen LogP contribution is -2.20. The molecule has 0 bridgehead atoms. The molecule has 1 amide bonds. The molecule has 0 heterocycles. The minimum absolute atomic E-state index is 0.186. The fourth-order valence-electron chi connectivity index (χ4n) is 3.33. The summed E-state index contributed by atoms with van der Waals surface area (Å²) < 4.78 is 6.29. The van der Waals surface area contributed by atoms with E-state index >= 15 is 0 Å². The van der Waals surface area contributed by atoms with Crippen molar-refractivity contribution in [1.82, 2.24) is 5.43 Å². The van der Waals surface area contributed by atoms with Gasteiger partial charge in [0.15, 0.2) is 0 Å². The van der Waals surface area contributed by atoms with Gasteiger partial charge in [-0.15, -0.1) is 0 Å². The Morgan fingerprint density at radius 3 is 2.58 bits per heavy atom. The van der Waals surface area contributed by atoms with Crippen LogP contribution in [0, 0.1) is 0 Å². The summed E-state index contributed by atoms with van der Waals surface area (Å²) in [5.41, 5.74) is 4.22. The molecule has 4 aromatic carbocycles. The lowest BCUT2D eigenvalue weighted by molar-refractivity contribution is -0.120. The van der Waals surface area contributed by atoms with Gasteiger partial charge in [-0.25, -0.2) is 10.2 Å². The second-order valence-corrected chi connectivity index (χ2v) is 8.48. The maximum Gasteiger partial charge on any atom is 0.345 e. The zero-order chi connectivity index (χ0) is 23.2. The van der Waals surface area contributed by atoms with E-state index in [-0.39, 0.29) is 23.6 Å². The van der Waals surface area contributed by atoms with E-state index in [2.05, 4.69) is 26.5 Å². The molecule has 5 nitrogen and oxygen atoms in total. The predicted octanol–water partition coefficient (Wildman–Crippen LogP) is 6.17. The molecule has 7 heteroatoms. The zero-order valence-corrected chi connectivity index (χ0v) is 19.6. The van der Waals surface area contributed by atoms with Crippen molar-refractivity contribution in [2.75, 3.05) is 0 Å². The molecular weight excluding hydrogens is 504 g/mol. The molecule has 0 atom stereocenters. The third-order valence-corrected chi connectivity index (χ3v) is 5.71. The van der Waals surface area contributed by atoms with Crippen LogP contribution < -0.4 is 10.2 Å². The van der Waals surface area contributed by atoms with Crippen LogP contribution in [0.2, 0.25) is 5.02 Å². The van der Waals surface area contributed by atoms with Gasteiger partial charge in [0.2, 0.25) is 5.91 Å². The highest BCUT2D eigenvalue weighted by Gasteiger charge is 2.14. The van der Waals surface area contributed by atoms with Crippen molar-refractivity contribution in [2.45, 2.75) is 6.42 Å². The van der Waals surface area contributed by atoms with Crippen molar-refractivity contribution < 1.29 is 14.3 Å². The molecule has 4 rings (SSSR count). The van der Waals surface area contributed by atoms with Crippen LogP contribution in [-0.4, -0.2) is 18.1 Å². The Kier molecular flexibility index (Phi) is 7.17. The maximum absolute atomic E-state index is 12.5. The van der Waals surface area contributed by atoms with Gasteiger partial charge in [0.1, 0.15) is 5.75 Å². The SMILES string of the molecule is O=C(Cc1cccc2ccccc12)NN=Cc1cc(Br)ccc1OC(=O)c1ccccc1Cl. The number of esters is 1. The Labute approximate surface area is 204 Å². The van der Waals surface area contributed by atoms with Crippen LogP contribution in [0.3, 0.4) is 0 Å². The van der Waals surface area contributed by atoms with Crippen molar-refractivity contribution in [1.29, 1.82) is 0 Å². The molecule has 0 fully saturated rings. The highest BCUT2D eigenvalue weighted by Crippen LogP contribution is 2.24. The van der Waals surface area contributed by atoms with Crippen molar-refractivity contribution in [3.63, 3.8) is 0 Å². The summed E-state index contributed by atoms with van der Waals surface area (Å²) in [4.78, 5) is 25.0. The van der Waals surface area contributed by atoms with Crippen LogP contribution in [0.15, 0.2) is 94.5 Å². The molecule has 0 aliphatic carbocycles. The molecule has 0 saturated carbocycles. The Bertz CT molecular complexity index is 1370. The number of amides is 1. The van der Waals surface area contributed by atoms with E-state index in [4.69, 9.17) is 16.3 Å². The van der Waals surface area contributed by atoms with Crippen LogP contribution in [-0.2, 0) is 11.2 Å². The molecule has 164 valence electrons. The quantitative estimate of drug-likeness (QED) is 0.143. The molecule has 0 aliphatic heterocycles. The smallest absolute Gasteiger partial charge is 0.345 e. The van der Waals surface area contributed by atoms with E-state index < -0.39 is 5.97 Å². The molecule has 4 aromatic rings. The fraction of sp³-hybridized carbons (Fsp3) is 0.0385. The average molecular weight is 522 g/mol. The molecule has 0 aliphatic rings. The fourth-order valence-corrected chi connectivity index (χ4v) is 3.92. The van der Waals surface area contributed by atoms with Gasteiger partial charge in [-0.05, 0) is 46.7 Å². The first-order chi connectivity index (χ1) is 16.0. The Morgan fingerprint density at radius 1 is 0.970 bits per heavy atom. The first-order valence-corrected chi connectivity index (χ1v) is 11.2. The van der Waals surface area contributed by atoms with E-state index in [9.17, 15) is 9.59 Å². The molecular formula is C26H18BrClN2O3. The van der Waals surface area contributed by atoms with Crippen LogP contribution in [0.5, 0.6) is 5.75 Å². The van der Waals surface area contributed by atoms with Gasteiger partial charge < -0.3 is 4.74 Å². The number of ether oxygens (including phenoxy) is 1. The van der Waals surface area contributed by atoms with E-state index in [1.165, 1.54) is 6.21 Å². The first kappa shape index (κ1) is 22.7. The van der Waals surface area contributed by atoms with E-state index in [0.717, 1.165) is 20.8 Å². The number of fused-ring (bicyclic) bond motifs is 1.